The Morgan fingerprint density at radius 1 is 1.22 bits per heavy atom. The summed E-state index contributed by atoms with van der Waals surface area (Å²) in [7, 11) is 0. The molecule has 1 aromatic heterocycles. The molecule has 3 N–H and O–H groups in total. The molecular formula is C16H21N5O2. The summed E-state index contributed by atoms with van der Waals surface area (Å²) in [5.41, 5.74) is 2.12. The van der Waals surface area contributed by atoms with Gasteiger partial charge in [-0.3, -0.25) is 9.59 Å². The molecule has 2 rings (SSSR count). The van der Waals surface area contributed by atoms with E-state index in [2.05, 4.69) is 26.0 Å². The van der Waals surface area contributed by atoms with Crippen LogP contribution in [0.4, 0.5) is 5.69 Å². The molecule has 0 bridgehead atoms. The van der Waals surface area contributed by atoms with Crippen molar-refractivity contribution in [3.63, 3.8) is 0 Å². The molecule has 0 saturated heterocycles. The number of nitrogens with zero attached hydrogens (tertiary/aromatic N) is 2. The number of aromatic amines is 1. The molecule has 122 valence electrons. The van der Waals surface area contributed by atoms with Crippen molar-refractivity contribution < 1.29 is 9.59 Å². The average molecular weight is 315 g/mol. The van der Waals surface area contributed by atoms with Gasteiger partial charge in [0.05, 0.1) is 11.9 Å². The van der Waals surface area contributed by atoms with Crippen LogP contribution in [0.2, 0.25) is 0 Å². The third-order valence-corrected chi connectivity index (χ3v) is 3.27. The Morgan fingerprint density at radius 3 is 2.65 bits per heavy atom. The molecule has 0 atom stereocenters. The van der Waals surface area contributed by atoms with Gasteiger partial charge in [-0.05, 0) is 43.5 Å². The maximum absolute atomic E-state index is 11.9. The first-order valence-corrected chi connectivity index (χ1v) is 7.72. The number of benzene rings is 1. The van der Waals surface area contributed by atoms with Gasteiger partial charge in [-0.2, -0.15) is 15.4 Å². The van der Waals surface area contributed by atoms with Crippen LogP contribution < -0.4 is 10.6 Å². The summed E-state index contributed by atoms with van der Waals surface area (Å²) >= 11 is 0. The highest BCUT2D eigenvalue weighted by atomic mass is 16.2. The Labute approximate surface area is 134 Å². The average Bonchev–Trinajstić information content (AvgIpc) is 3.06. The summed E-state index contributed by atoms with van der Waals surface area (Å²) in [5.74, 6) is -0.158. The van der Waals surface area contributed by atoms with Crippen LogP contribution in [0.15, 0.2) is 30.5 Å². The van der Waals surface area contributed by atoms with E-state index in [4.69, 9.17) is 0 Å². The van der Waals surface area contributed by atoms with Crippen molar-refractivity contribution in [2.75, 3.05) is 11.9 Å². The minimum atomic E-state index is -0.0997. The number of nitrogens with one attached hydrogen (secondary N) is 3. The fourth-order valence-corrected chi connectivity index (χ4v) is 2.04. The van der Waals surface area contributed by atoms with Gasteiger partial charge in [0.25, 0.3) is 5.91 Å². The second kappa shape index (κ2) is 8.67. The van der Waals surface area contributed by atoms with E-state index in [-0.39, 0.29) is 11.8 Å². The predicted molar refractivity (Wildman–Crippen MR) is 87.0 cm³/mol. The number of aryl methyl sites for hydroxylation is 1. The molecule has 1 heterocycles. The zero-order chi connectivity index (χ0) is 16.5. The highest BCUT2D eigenvalue weighted by Crippen LogP contribution is 2.11. The molecular weight excluding hydrogens is 294 g/mol. The molecule has 0 spiro atoms. The smallest absolute Gasteiger partial charge is 0.251 e. The Balaban J connectivity index is 1.76. The third-order valence-electron chi connectivity index (χ3n) is 3.27. The largest absolute Gasteiger partial charge is 0.352 e. The van der Waals surface area contributed by atoms with Crippen LogP contribution in [0.3, 0.4) is 0 Å². The fourth-order valence-electron chi connectivity index (χ4n) is 2.04. The zero-order valence-corrected chi connectivity index (χ0v) is 13.1. The summed E-state index contributed by atoms with van der Waals surface area (Å²) in [6, 6.07) is 6.87. The van der Waals surface area contributed by atoms with Crippen LogP contribution in [-0.2, 0) is 11.2 Å². The molecule has 0 saturated carbocycles. The van der Waals surface area contributed by atoms with E-state index in [0.29, 0.717) is 37.1 Å². The molecule has 0 fully saturated rings. The Bertz CT molecular complexity index is 622. The van der Waals surface area contributed by atoms with E-state index >= 15 is 0 Å². The SMILES string of the molecule is CCCNC(=O)c1ccc(NC(=O)CCCc2cn[nH]n2)cc1. The lowest BCUT2D eigenvalue weighted by Crippen LogP contribution is -2.23. The Morgan fingerprint density at radius 2 is 2.00 bits per heavy atom. The maximum atomic E-state index is 11.9. The van der Waals surface area contributed by atoms with Crippen LogP contribution in [0.5, 0.6) is 0 Å². The summed E-state index contributed by atoms with van der Waals surface area (Å²) in [6.07, 6.45) is 4.37. The Kier molecular flexibility index (Phi) is 6.28. The van der Waals surface area contributed by atoms with Crippen molar-refractivity contribution in [2.45, 2.75) is 32.6 Å². The number of hydrogen-bond acceptors (Lipinski definition) is 4. The summed E-state index contributed by atoms with van der Waals surface area (Å²) in [6.45, 7) is 2.66. The molecule has 1 aromatic carbocycles. The normalized spacial score (nSPS) is 10.3. The monoisotopic (exact) mass is 315 g/mol. The molecule has 0 aliphatic rings. The van der Waals surface area contributed by atoms with Gasteiger partial charge in [0.1, 0.15) is 0 Å². The van der Waals surface area contributed by atoms with Gasteiger partial charge in [-0.25, -0.2) is 0 Å². The number of rotatable bonds is 8. The fraction of sp³-hybridized carbons (Fsp3) is 0.375. The van der Waals surface area contributed by atoms with Gasteiger partial charge in [-0.1, -0.05) is 6.92 Å². The van der Waals surface area contributed by atoms with Crippen LogP contribution >= 0.6 is 0 Å². The molecule has 0 unspecified atom stereocenters. The van der Waals surface area contributed by atoms with Gasteiger partial charge >= 0.3 is 0 Å². The summed E-state index contributed by atoms with van der Waals surface area (Å²) in [5, 5.41) is 15.8. The number of carbonyl (C=O) groups excluding carboxylic acids is 2. The van der Waals surface area contributed by atoms with Gasteiger partial charge < -0.3 is 10.6 Å². The van der Waals surface area contributed by atoms with E-state index in [0.717, 1.165) is 12.1 Å². The van der Waals surface area contributed by atoms with Crippen molar-refractivity contribution in [3.05, 3.63) is 41.7 Å². The molecule has 0 radical (unpaired) electrons. The van der Waals surface area contributed by atoms with Gasteiger partial charge in [0.15, 0.2) is 0 Å². The molecule has 7 nitrogen and oxygen atoms in total. The lowest BCUT2D eigenvalue weighted by Gasteiger charge is -2.07. The van der Waals surface area contributed by atoms with Crippen molar-refractivity contribution in [1.29, 1.82) is 0 Å². The summed E-state index contributed by atoms with van der Waals surface area (Å²) in [4.78, 5) is 23.6. The number of anilines is 1. The highest BCUT2D eigenvalue weighted by molar-refractivity contribution is 5.95. The number of H-pyrrole nitrogens is 1. The molecule has 2 aromatic rings. The quantitative estimate of drug-likeness (QED) is 0.692. The third kappa shape index (κ3) is 5.54. The van der Waals surface area contributed by atoms with Crippen molar-refractivity contribution in [3.8, 4) is 0 Å². The van der Waals surface area contributed by atoms with Crippen LogP contribution in [0.25, 0.3) is 0 Å². The van der Waals surface area contributed by atoms with E-state index < -0.39 is 0 Å². The lowest BCUT2D eigenvalue weighted by molar-refractivity contribution is -0.116. The number of hydrogen-bond donors (Lipinski definition) is 3. The first-order valence-electron chi connectivity index (χ1n) is 7.72. The topological polar surface area (TPSA) is 99.8 Å². The second-order valence-electron chi connectivity index (χ2n) is 5.20. The van der Waals surface area contributed by atoms with E-state index in [1.807, 2.05) is 6.92 Å². The van der Waals surface area contributed by atoms with E-state index in [9.17, 15) is 9.59 Å². The van der Waals surface area contributed by atoms with Crippen LogP contribution in [-0.4, -0.2) is 33.8 Å². The zero-order valence-electron chi connectivity index (χ0n) is 13.1. The molecule has 7 heteroatoms. The molecule has 0 aliphatic heterocycles. The van der Waals surface area contributed by atoms with Crippen molar-refractivity contribution in [1.82, 2.24) is 20.7 Å². The number of amides is 2. The predicted octanol–water partition coefficient (Wildman–Crippen LogP) is 1.91. The standard InChI is InChI=1S/C16H21N5O2/c1-2-10-17-16(23)12-6-8-13(9-7-12)19-15(22)5-3-4-14-11-18-21-20-14/h6-9,11H,2-5,10H2,1H3,(H,17,23)(H,19,22)(H,18,20,21). The summed E-state index contributed by atoms with van der Waals surface area (Å²) < 4.78 is 0. The minimum Gasteiger partial charge on any atom is -0.352 e. The minimum absolute atomic E-state index is 0.0586. The maximum Gasteiger partial charge on any atom is 0.251 e. The first-order chi connectivity index (χ1) is 11.2. The van der Waals surface area contributed by atoms with Crippen molar-refractivity contribution >= 4 is 17.5 Å². The number of aromatic nitrogens is 3. The second-order valence-corrected chi connectivity index (χ2v) is 5.20. The number of carbonyl (C=O) groups is 2. The van der Waals surface area contributed by atoms with Gasteiger partial charge in [0.2, 0.25) is 5.91 Å². The van der Waals surface area contributed by atoms with Crippen LogP contribution in [0, 0.1) is 0 Å². The van der Waals surface area contributed by atoms with Crippen LogP contribution in [0.1, 0.15) is 42.2 Å². The van der Waals surface area contributed by atoms with E-state index in [1.165, 1.54) is 0 Å². The lowest BCUT2D eigenvalue weighted by atomic mass is 10.1. The molecule has 0 aliphatic carbocycles. The van der Waals surface area contributed by atoms with E-state index in [1.54, 1.807) is 30.5 Å². The Hall–Kier alpha value is -2.70. The van der Waals surface area contributed by atoms with Gasteiger partial charge in [-0.15, -0.1) is 0 Å². The molecule has 2 amide bonds. The van der Waals surface area contributed by atoms with Gasteiger partial charge in [0, 0.05) is 24.2 Å². The van der Waals surface area contributed by atoms with Crippen molar-refractivity contribution in [2.24, 2.45) is 0 Å². The first kappa shape index (κ1) is 16.7. The highest BCUT2D eigenvalue weighted by Gasteiger charge is 2.06. The molecule has 23 heavy (non-hydrogen) atoms.